The van der Waals surface area contributed by atoms with E-state index in [9.17, 15) is 4.79 Å². The number of rotatable bonds is 8. The molecule has 0 spiro atoms. The molecule has 168 valence electrons. The molecular weight excluding hydrogens is 486 g/mol. The van der Waals surface area contributed by atoms with Crippen LogP contribution in [0.15, 0.2) is 52.0 Å². The second kappa shape index (κ2) is 10.9. The Kier molecular flexibility index (Phi) is 8.21. The molecule has 1 heterocycles. The average molecular weight is 514 g/mol. The number of hydrazone groups is 1. The second-order valence-corrected chi connectivity index (χ2v) is 9.44. The molecule has 0 saturated carbocycles. The van der Waals surface area contributed by atoms with Crippen LogP contribution in [0.25, 0.3) is 5.69 Å². The van der Waals surface area contributed by atoms with Crippen molar-refractivity contribution >= 4 is 39.8 Å². The van der Waals surface area contributed by atoms with Gasteiger partial charge in [-0.1, -0.05) is 29.8 Å². The summed E-state index contributed by atoms with van der Waals surface area (Å²) in [5.74, 6) is 1.79. The largest absolute Gasteiger partial charge is 0.497 e. The number of halogens is 1. The zero-order valence-corrected chi connectivity index (χ0v) is 21.4. The zero-order chi connectivity index (χ0) is 23.3. The number of carbonyl (C=O) groups excluding carboxylic acids is 1. The topological polar surface area (TPSA) is 55.6 Å². The zero-order valence-electron chi connectivity index (χ0n) is 19.0. The summed E-state index contributed by atoms with van der Waals surface area (Å²) in [5, 5.41) is 4.20. The third-order valence-corrected chi connectivity index (χ3v) is 7.26. The molecule has 0 bridgehead atoms. The molecule has 0 radical (unpaired) electrons. The van der Waals surface area contributed by atoms with E-state index in [0.717, 1.165) is 44.2 Å². The van der Waals surface area contributed by atoms with E-state index in [-0.39, 0.29) is 5.91 Å². The van der Waals surface area contributed by atoms with Gasteiger partial charge in [0.15, 0.2) is 0 Å². The molecule has 7 heteroatoms. The number of amides is 1. The Morgan fingerprint density at radius 2 is 1.84 bits per heavy atom. The maximum atomic E-state index is 12.2. The summed E-state index contributed by atoms with van der Waals surface area (Å²) in [6.45, 7) is 8.35. The fourth-order valence-electron chi connectivity index (χ4n) is 3.58. The van der Waals surface area contributed by atoms with Crippen LogP contribution in [0.2, 0.25) is 0 Å². The van der Waals surface area contributed by atoms with Gasteiger partial charge in [0, 0.05) is 32.9 Å². The normalized spacial score (nSPS) is 11.2. The molecule has 1 amide bonds. The van der Waals surface area contributed by atoms with Gasteiger partial charge in [-0.05, 0) is 73.0 Å². The standard InChI is InChI=1S/C25H28BrN3O2S/c1-16-6-11-23(17(2)12-16)29-18(3)22(25(26)19(29)4)13-27-28-24(30)15-32-14-20-7-9-21(31-5)10-8-20/h6-13H,14-15H2,1-5H3,(H,28,30)/b27-13-. The van der Waals surface area contributed by atoms with Crippen molar-refractivity contribution in [3.8, 4) is 11.4 Å². The molecule has 1 N–H and O–H groups in total. The van der Waals surface area contributed by atoms with Crippen LogP contribution in [0.4, 0.5) is 0 Å². The van der Waals surface area contributed by atoms with E-state index in [2.05, 4.69) is 76.9 Å². The van der Waals surface area contributed by atoms with Crippen molar-refractivity contribution in [2.45, 2.75) is 33.4 Å². The first kappa shape index (κ1) is 24.1. The Morgan fingerprint density at radius 1 is 1.12 bits per heavy atom. The summed E-state index contributed by atoms with van der Waals surface area (Å²) < 4.78 is 8.35. The number of aromatic nitrogens is 1. The SMILES string of the molecule is COc1ccc(CSCC(=O)N/N=C\c2c(Br)c(C)n(-c3ccc(C)cc3C)c2C)cc1. The van der Waals surface area contributed by atoms with E-state index in [0.29, 0.717) is 5.75 Å². The van der Waals surface area contributed by atoms with Crippen molar-refractivity contribution < 1.29 is 9.53 Å². The van der Waals surface area contributed by atoms with Gasteiger partial charge in [0.1, 0.15) is 5.75 Å². The molecular formula is C25H28BrN3O2S. The fourth-order valence-corrected chi connectivity index (χ4v) is 4.92. The maximum absolute atomic E-state index is 12.2. The highest BCUT2D eigenvalue weighted by atomic mass is 79.9. The predicted octanol–water partition coefficient (Wildman–Crippen LogP) is 5.87. The van der Waals surface area contributed by atoms with Gasteiger partial charge in [0.2, 0.25) is 5.91 Å². The van der Waals surface area contributed by atoms with Crippen molar-refractivity contribution in [3.05, 3.63) is 80.6 Å². The van der Waals surface area contributed by atoms with Crippen molar-refractivity contribution in [2.75, 3.05) is 12.9 Å². The van der Waals surface area contributed by atoms with Gasteiger partial charge in [-0.3, -0.25) is 4.79 Å². The fraction of sp³-hybridized carbons (Fsp3) is 0.280. The molecule has 0 aliphatic heterocycles. The van der Waals surface area contributed by atoms with E-state index < -0.39 is 0 Å². The lowest BCUT2D eigenvalue weighted by molar-refractivity contribution is -0.118. The van der Waals surface area contributed by atoms with Gasteiger partial charge >= 0.3 is 0 Å². The lowest BCUT2D eigenvalue weighted by Gasteiger charge is -2.13. The smallest absolute Gasteiger partial charge is 0.250 e. The van der Waals surface area contributed by atoms with Gasteiger partial charge in [0.25, 0.3) is 0 Å². The minimum Gasteiger partial charge on any atom is -0.497 e. The number of aryl methyl sites for hydroxylation is 2. The Balaban J connectivity index is 1.61. The molecule has 5 nitrogen and oxygen atoms in total. The van der Waals surface area contributed by atoms with E-state index in [1.807, 2.05) is 24.3 Å². The number of hydrogen-bond donors (Lipinski definition) is 1. The Bertz CT molecular complexity index is 1140. The van der Waals surface area contributed by atoms with Crippen molar-refractivity contribution in [1.29, 1.82) is 0 Å². The van der Waals surface area contributed by atoms with E-state index >= 15 is 0 Å². The third-order valence-electron chi connectivity index (χ3n) is 5.25. The van der Waals surface area contributed by atoms with Crippen LogP contribution >= 0.6 is 27.7 Å². The van der Waals surface area contributed by atoms with Crippen LogP contribution in [0.1, 0.15) is 33.6 Å². The van der Waals surface area contributed by atoms with Gasteiger partial charge in [-0.2, -0.15) is 5.10 Å². The highest BCUT2D eigenvalue weighted by Gasteiger charge is 2.17. The molecule has 0 fully saturated rings. The first-order valence-electron chi connectivity index (χ1n) is 10.3. The monoisotopic (exact) mass is 513 g/mol. The average Bonchev–Trinajstić information content (AvgIpc) is 2.98. The van der Waals surface area contributed by atoms with Crippen LogP contribution in [-0.2, 0) is 10.5 Å². The Morgan fingerprint density at radius 3 is 2.50 bits per heavy atom. The van der Waals surface area contributed by atoms with E-state index in [1.165, 1.54) is 11.1 Å². The number of thioether (sulfide) groups is 1. The minimum atomic E-state index is -0.126. The number of nitrogens with zero attached hydrogens (tertiary/aromatic N) is 2. The lowest BCUT2D eigenvalue weighted by atomic mass is 10.1. The molecule has 3 rings (SSSR count). The van der Waals surface area contributed by atoms with Crippen molar-refractivity contribution in [3.63, 3.8) is 0 Å². The summed E-state index contributed by atoms with van der Waals surface area (Å²) in [7, 11) is 1.65. The number of ether oxygens (including phenoxy) is 1. The molecule has 0 aliphatic carbocycles. The lowest BCUT2D eigenvalue weighted by Crippen LogP contribution is -2.19. The Hall–Kier alpha value is -2.51. The Labute approximate surface area is 202 Å². The highest BCUT2D eigenvalue weighted by molar-refractivity contribution is 9.10. The predicted molar refractivity (Wildman–Crippen MR) is 137 cm³/mol. The van der Waals surface area contributed by atoms with Gasteiger partial charge < -0.3 is 9.30 Å². The number of methoxy groups -OCH3 is 1. The molecule has 32 heavy (non-hydrogen) atoms. The summed E-state index contributed by atoms with van der Waals surface area (Å²) in [6.07, 6.45) is 1.71. The van der Waals surface area contributed by atoms with Crippen molar-refractivity contribution in [2.24, 2.45) is 5.10 Å². The maximum Gasteiger partial charge on any atom is 0.250 e. The number of carbonyl (C=O) groups is 1. The van der Waals surface area contributed by atoms with Gasteiger partial charge in [-0.25, -0.2) is 5.43 Å². The summed E-state index contributed by atoms with van der Waals surface area (Å²) in [5.41, 5.74) is 10.5. The molecule has 1 aromatic heterocycles. The third kappa shape index (κ3) is 5.64. The summed E-state index contributed by atoms with van der Waals surface area (Å²) in [4.78, 5) is 12.2. The first-order valence-corrected chi connectivity index (χ1v) is 12.2. The van der Waals surface area contributed by atoms with Crippen LogP contribution < -0.4 is 10.2 Å². The van der Waals surface area contributed by atoms with Gasteiger partial charge in [-0.15, -0.1) is 11.8 Å². The van der Waals surface area contributed by atoms with Crippen molar-refractivity contribution in [1.82, 2.24) is 9.99 Å². The highest BCUT2D eigenvalue weighted by Crippen LogP contribution is 2.31. The van der Waals surface area contributed by atoms with Crippen LogP contribution in [0, 0.1) is 27.7 Å². The quantitative estimate of drug-likeness (QED) is 0.302. The minimum absolute atomic E-state index is 0.126. The molecule has 0 unspecified atom stereocenters. The molecule has 2 aromatic carbocycles. The number of nitrogens with one attached hydrogen (secondary N) is 1. The van der Waals surface area contributed by atoms with E-state index in [4.69, 9.17) is 4.74 Å². The van der Waals surface area contributed by atoms with Crippen LogP contribution in [-0.4, -0.2) is 29.6 Å². The summed E-state index contributed by atoms with van der Waals surface area (Å²) >= 11 is 5.24. The molecule has 0 atom stereocenters. The second-order valence-electron chi connectivity index (χ2n) is 7.66. The summed E-state index contributed by atoms with van der Waals surface area (Å²) in [6, 6.07) is 14.3. The number of benzene rings is 2. The first-order chi connectivity index (χ1) is 15.3. The van der Waals surface area contributed by atoms with Gasteiger partial charge in [0.05, 0.1) is 19.1 Å². The van der Waals surface area contributed by atoms with Crippen LogP contribution in [0.3, 0.4) is 0 Å². The molecule has 0 aliphatic rings. The van der Waals surface area contributed by atoms with E-state index in [1.54, 1.807) is 25.1 Å². The molecule has 0 saturated heterocycles. The molecule has 3 aromatic rings. The number of hydrogen-bond acceptors (Lipinski definition) is 4. The van der Waals surface area contributed by atoms with Crippen LogP contribution in [0.5, 0.6) is 5.75 Å².